The number of hydrogen-bond donors (Lipinski definition) is 0. The second-order valence-electron chi connectivity index (χ2n) is 4.85. The molecule has 0 aromatic rings. The number of nitrogens with zero attached hydrogens (tertiary/aromatic N) is 1. The van der Waals surface area contributed by atoms with Crippen LogP contribution in [-0.4, -0.2) is 24.0 Å². The van der Waals surface area contributed by atoms with Gasteiger partial charge in [-0.1, -0.05) is 41.0 Å². The fourth-order valence-electron chi connectivity index (χ4n) is 2.26. The molecule has 0 aromatic heterocycles. The molecule has 0 aromatic carbocycles. The summed E-state index contributed by atoms with van der Waals surface area (Å²) in [6.45, 7) is 14.2. The summed E-state index contributed by atoms with van der Waals surface area (Å²) in [6.07, 6.45) is 6.59. The van der Waals surface area contributed by atoms with E-state index in [1.54, 1.807) is 0 Å². The Hall–Kier alpha value is -0.0400. The van der Waals surface area contributed by atoms with Crippen molar-refractivity contribution in [1.82, 2.24) is 4.90 Å². The van der Waals surface area contributed by atoms with Crippen molar-refractivity contribution in [2.45, 2.75) is 72.8 Å². The summed E-state index contributed by atoms with van der Waals surface area (Å²) in [5.41, 5.74) is 0. The molecule has 0 saturated heterocycles. The maximum Gasteiger partial charge on any atom is 0.00951 e. The minimum atomic E-state index is 0.819. The molecule has 0 fully saturated rings. The van der Waals surface area contributed by atoms with Crippen molar-refractivity contribution in [1.29, 1.82) is 0 Å². The molecule has 0 aliphatic rings. The van der Waals surface area contributed by atoms with Gasteiger partial charge in [-0.15, -0.1) is 0 Å². The van der Waals surface area contributed by atoms with E-state index in [9.17, 15) is 0 Å². The molecule has 15 heavy (non-hydrogen) atoms. The summed E-state index contributed by atoms with van der Waals surface area (Å²) in [6, 6.07) is 0.819. The molecular formula is C14H31N. The molecule has 1 heteroatoms. The highest BCUT2D eigenvalue weighted by Crippen LogP contribution is 2.18. The molecule has 92 valence electrons. The Kier molecular flexibility index (Phi) is 9.18. The number of rotatable bonds is 9. The molecule has 0 amide bonds. The van der Waals surface area contributed by atoms with Crippen LogP contribution in [0.1, 0.15) is 66.7 Å². The van der Waals surface area contributed by atoms with Crippen molar-refractivity contribution in [2.75, 3.05) is 13.1 Å². The summed E-state index contributed by atoms with van der Waals surface area (Å²) in [5, 5.41) is 0. The summed E-state index contributed by atoms with van der Waals surface area (Å²) < 4.78 is 0. The zero-order chi connectivity index (χ0) is 11.7. The second kappa shape index (κ2) is 9.21. The van der Waals surface area contributed by atoms with Gasteiger partial charge in [0.15, 0.2) is 0 Å². The van der Waals surface area contributed by atoms with E-state index in [0.29, 0.717) is 0 Å². The smallest absolute Gasteiger partial charge is 0.00951 e. The summed E-state index contributed by atoms with van der Waals surface area (Å²) >= 11 is 0. The maximum atomic E-state index is 2.70. The average Bonchev–Trinajstić information content (AvgIpc) is 2.25. The van der Waals surface area contributed by atoms with Gasteiger partial charge in [0.1, 0.15) is 0 Å². The fourth-order valence-corrected chi connectivity index (χ4v) is 2.26. The highest BCUT2D eigenvalue weighted by Gasteiger charge is 2.17. The zero-order valence-corrected chi connectivity index (χ0v) is 11.6. The largest absolute Gasteiger partial charge is 0.300 e. The third-order valence-corrected chi connectivity index (χ3v) is 3.38. The third-order valence-electron chi connectivity index (χ3n) is 3.38. The molecule has 0 aliphatic carbocycles. The van der Waals surface area contributed by atoms with Gasteiger partial charge in [-0.3, -0.25) is 0 Å². The Balaban J connectivity index is 4.16. The molecule has 2 atom stereocenters. The average molecular weight is 213 g/mol. The van der Waals surface area contributed by atoms with Crippen molar-refractivity contribution in [3.8, 4) is 0 Å². The Labute approximate surface area is 97.2 Å². The van der Waals surface area contributed by atoms with Crippen LogP contribution in [0.3, 0.4) is 0 Å². The highest BCUT2D eigenvalue weighted by molar-refractivity contribution is 4.72. The van der Waals surface area contributed by atoms with Gasteiger partial charge >= 0.3 is 0 Å². The van der Waals surface area contributed by atoms with E-state index in [4.69, 9.17) is 0 Å². The molecule has 1 unspecified atom stereocenters. The van der Waals surface area contributed by atoms with Gasteiger partial charge in [0.2, 0.25) is 0 Å². The molecule has 0 spiro atoms. The standard InChI is InChI=1S/C14H31N/c1-6-10-15(11-7-2)14(9-4)12-13(5)8-3/h13-14H,6-12H2,1-5H3/t13?,14-/m0/s1. The lowest BCUT2D eigenvalue weighted by atomic mass is 9.96. The SMILES string of the molecule is CCCN(CCC)[C@@H](CC)CC(C)CC. The molecule has 0 rings (SSSR count). The van der Waals surface area contributed by atoms with Gasteiger partial charge in [0.25, 0.3) is 0 Å². The van der Waals surface area contributed by atoms with Crippen molar-refractivity contribution < 1.29 is 0 Å². The first-order chi connectivity index (χ1) is 7.19. The Morgan fingerprint density at radius 2 is 1.40 bits per heavy atom. The molecule has 1 nitrogen and oxygen atoms in total. The maximum absolute atomic E-state index is 2.70. The van der Waals surface area contributed by atoms with Crippen LogP contribution in [0, 0.1) is 5.92 Å². The molecule has 0 saturated carbocycles. The van der Waals surface area contributed by atoms with E-state index < -0.39 is 0 Å². The first-order valence-corrected chi connectivity index (χ1v) is 6.93. The fraction of sp³-hybridized carbons (Fsp3) is 1.00. The molecule has 0 N–H and O–H groups in total. The van der Waals surface area contributed by atoms with Crippen molar-refractivity contribution >= 4 is 0 Å². The van der Waals surface area contributed by atoms with Crippen molar-refractivity contribution in [2.24, 2.45) is 5.92 Å². The van der Waals surface area contributed by atoms with E-state index >= 15 is 0 Å². The molecule has 0 bridgehead atoms. The monoisotopic (exact) mass is 213 g/mol. The molecular weight excluding hydrogens is 182 g/mol. The van der Waals surface area contributed by atoms with Crippen LogP contribution in [0.5, 0.6) is 0 Å². The normalized spacial score (nSPS) is 15.6. The predicted octanol–water partition coefficient (Wildman–Crippen LogP) is 4.32. The summed E-state index contributed by atoms with van der Waals surface area (Å²) in [7, 11) is 0. The molecule has 0 heterocycles. The first-order valence-electron chi connectivity index (χ1n) is 6.93. The summed E-state index contributed by atoms with van der Waals surface area (Å²) in [5.74, 6) is 0.881. The topological polar surface area (TPSA) is 3.24 Å². The van der Waals surface area contributed by atoms with Gasteiger partial charge in [0.05, 0.1) is 0 Å². The number of hydrogen-bond acceptors (Lipinski definition) is 1. The van der Waals surface area contributed by atoms with Gasteiger partial charge in [-0.25, -0.2) is 0 Å². The quantitative estimate of drug-likeness (QED) is 0.551. The van der Waals surface area contributed by atoms with Crippen LogP contribution in [0.25, 0.3) is 0 Å². The lowest BCUT2D eigenvalue weighted by molar-refractivity contribution is 0.165. The van der Waals surface area contributed by atoms with Gasteiger partial charge < -0.3 is 4.90 Å². The second-order valence-corrected chi connectivity index (χ2v) is 4.85. The van der Waals surface area contributed by atoms with Crippen LogP contribution in [-0.2, 0) is 0 Å². The minimum absolute atomic E-state index is 0.819. The van der Waals surface area contributed by atoms with Crippen LogP contribution in [0.4, 0.5) is 0 Å². The van der Waals surface area contributed by atoms with E-state index in [-0.39, 0.29) is 0 Å². The Bertz CT molecular complexity index is 127. The minimum Gasteiger partial charge on any atom is -0.300 e. The van der Waals surface area contributed by atoms with Gasteiger partial charge in [-0.2, -0.15) is 0 Å². The van der Waals surface area contributed by atoms with E-state index in [1.807, 2.05) is 0 Å². The predicted molar refractivity (Wildman–Crippen MR) is 70.3 cm³/mol. The van der Waals surface area contributed by atoms with Crippen molar-refractivity contribution in [3.63, 3.8) is 0 Å². The van der Waals surface area contributed by atoms with Gasteiger partial charge in [0, 0.05) is 6.04 Å². The lowest BCUT2D eigenvalue weighted by Crippen LogP contribution is -2.37. The lowest BCUT2D eigenvalue weighted by Gasteiger charge is -2.32. The van der Waals surface area contributed by atoms with Crippen LogP contribution in [0.2, 0.25) is 0 Å². The van der Waals surface area contributed by atoms with Crippen LogP contribution >= 0.6 is 0 Å². The Morgan fingerprint density at radius 3 is 1.73 bits per heavy atom. The van der Waals surface area contributed by atoms with E-state index in [0.717, 1.165) is 12.0 Å². The zero-order valence-electron chi connectivity index (χ0n) is 11.6. The highest BCUT2D eigenvalue weighted by atomic mass is 15.1. The molecule has 0 aliphatic heterocycles. The summed E-state index contributed by atoms with van der Waals surface area (Å²) in [4.78, 5) is 2.70. The third kappa shape index (κ3) is 6.19. The molecule has 0 radical (unpaired) electrons. The van der Waals surface area contributed by atoms with Crippen LogP contribution in [0.15, 0.2) is 0 Å². The van der Waals surface area contributed by atoms with Crippen molar-refractivity contribution in [3.05, 3.63) is 0 Å². The van der Waals surface area contributed by atoms with Gasteiger partial charge in [-0.05, 0) is 44.7 Å². The van der Waals surface area contributed by atoms with E-state index in [1.165, 1.54) is 45.2 Å². The first kappa shape index (κ1) is 15.0. The van der Waals surface area contributed by atoms with Crippen LogP contribution < -0.4 is 0 Å². The Morgan fingerprint density at radius 1 is 0.867 bits per heavy atom. The van der Waals surface area contributed by atoms with E-state index in [2.05, 4.69) is 39.5 Å².